The van der Waals surface area contributed by atoms with E-state index in [0.29, 0.717) is 16.8 Å². The predicted molar refractivity (Wildman–Crippen MR) is 107 cm³/mol. The van der Waals surface area contributed by atoms with Crippen LogP contribution in [0.3, 0.4) is 0 Å². The number of benzene rings is 2. The molecule has 0 spiro atoms. The molecule has 28 heavy (non-hydrogen) atoms. The Morgan fingerprint density at radius 2 is 1.75 bits per heavy atom. The van der Waals surface area contributed by atoms with Crippen molar-refractivity contribution < 1.29 is 10.2 Å². The lowest BCUT2D eigenvalue weighted by Crippen LogP contribution is -2.10. The number of H-pyrrole nitrogens is 1. The minimum absolute atomic E-state index is 0.0183. The van der Waals surface area contributed by atoms with Gasteiger partial charge in [-0.1, -0.05) is 47.5 Å². The number of pyridine rings is 1. The molecule has 0 aliphatic heterocycles. The highest BCUT2D eigenvalue weighted by molar-refractivity contribution is 6.32. The maximum Gasteiger partial charge on any atom is 0.270 e. The first-order valence-electron chi connectivity index (χ1n) is 8.07. The monoisotopic (exact) mass is 411 g/mol. The van der Waals surface area contributed by atoms with Crippen molar-refractivity contribution in [1.29, 1.82) is 5.26 Å². The maximum atomic E-state index is 11.9. The lowest BCUT2D eigenvalue weighted by atomic mass is 10.0. The topological polar surface area (TPSA) is 102 Å². The fourth-order valence-electron chi connectivity index (χ4n) is 3.11. The van der Waals surface area contributed by atoms with Gasteiger partial charge >= 0.3 is 0 Å². The summed E-state index contributed by atoms with van der Waals surface area (Å²) in [6.45, 7) is 0. The van der Waals surface area contributed by atoms with E-state index in [1.54, 1.807) is 48.5 Å². The van der Waals surface area contributed by atoms with Crippen LogP contribution >= 0.6 is 23.2 Å². The molecule has 6 nitrogen and oxygen atoms in total. The summed E-state index contributed by atoms with van der Waals surface area (Å²) in [5, 5.41) is 30.2. The van der Waals surface area contributed by atoms with Gasteiger partial charge in [-0.2, -0.15) is 5.26 Å². The largest absolute Gasteiger partial charge is 0.506 e. The second-order valence-electron chi connectivity index (χ2n) is 6.04. The standard InChI is InChI=1S/C20H11Cl2N3O3/c21-14-3-1-2-12(18(14)26)10-4-6-11(7-5-10)25-16(22)8-15-17(25)19(27)13(9-23)20(28)24-15/h1-8,26H,(H2,24,27,28). The molecule has 0 atom stereocenters. The Bertz CT molecular complexity index is 1330. The van der Waals surface area contributed by atoms with E-state index in [-0.39, 0.29) is 27.0 Å². The minimum Gasteiger partial charge on any atom is -0.506 e. The van der Waals surface area contributed by atoms with Gasteiger partial charge < -0.3 is 15.2 Å². The lowest BCUT2D eigenvalue weighted by Gasteiger charge is -2.11. The summed E-state index contributed by atoms with van der Waals surface area (Å²) in [6.07, 6.45) is 0. The number of halogens is 2. The average molecular weight is 412 g/mol. The number of nitrogens with one attached hydrogen (secondary N) is 1. The number of aromatic amines is 1. The summed E-state index contributed by atoms with van der Waals surface area (Å²) in [6, 6.07) is 15.2. The van der Waals surface area contributed by atoms with Crippen LogP contribution in [-0.4, -0.2) is 19.8 Å². The first-order chi connectivity index (χ1) is 13.4. The predicted octanol–water partition coefficient (Wildman–Crippen LogP) is 4.58. The molecule has 0 amide bonds. The molecule has 0 fully saturated rings. The van der Waals surface area contributed by atoms with E-state index in [1.165, 1.54) is 10.6 Å². The van der Waals surface area contributed by atoms with E-state index in [4.69, 9.17) is 28.5 Å². The highest BCUT2D eigenvalue weighted by atomic mass is 35.5. The van der Waals surface area contributed by atoms with Gasteiger partial charge in [0, 0.05) is 11.3 Å². The number of fused-ring (bicyclic) bond motifs is 1. The summed E-state index contributed by atoms with van der Waals surface area (Å²) >= 11 is 12.3. The van der Waals surface area contributed by atoms with Crippen LogP contribution in [0.1, 0.15) is 5.56 Å². The minimum atomic E-state index is -0.687. The van der Waals surface area contributed by atoms with Crippen molar-refractivity contribution in [2.24, 2.45) is 0 Å². The normalized spacial score (nSPS) is 10.9. The summed E-state index contributed by atoms with van der Waals surface area (Å²) in [4.78, 5) is 14.4. The van der Waals surface area contributed by atoms with Gasteiger partial charge in [0.05, 0.1) is 10.5 Å². The number of hydrogen-bond acceptors (Lipinski definition) is 4. The fourth-order valence-corrected chi connectivity index (χ4v) is 3.58. The Balaban J connectivity index is 1.90. The van der Waals surface area contributed by atoms with Gasteiger partial charge in [0.1, 0.15) is 22.5 Å². The Morgan fingerprint density at radius 1 is 1.04 bits per heavy atom. The van der Waals surface area contributed by atoms with E-state index < -0.39 is 11.3 Å². The van der Waals surface area contributed by atoms with Crippen LogP contribution in [0.25, 0.3) is 27.8 Å². The van der Waals surface area contributed by atoms with Crippen LogP contribution in [-0.2, 0) is 0 Å². The summed E-state index contributed by atoms with van der Waals surface area (Å²) < 4.78 is 1.52. The fraction of sp³-hybridized carbons (Fsp3) is 0. The highest BCUT2D eigenvalue weighted by Gasteiger charge is 2.19. The Kier molecular flexibility index (Phi) is 4.27. The SMILES string of the molecule is N#Cc1c(O)c2c(cc(Cl)n2-c2ccc(-c3cccc(Cl)c3O)cc2)[nH]c1=O. The number of phenolic OH excluding ortho intramolecular Hbond substituents is 1. The number of para-hydroxylation sites is 1. The third kappa shape index (κ3) is 2.69. The molecule has 3 N–H and O–H groups in total. The van der Waals surface area contributed by atoms with Crippen LogP contribution < -0.4 is 5.56 Å². The number of aromatic nitrogens is 2. The highest BCUT2D eigenvalue weighted by Crippen LogP contribution is 2.37. The smallest absolute Gasteiger partial charge is 0.270 e. The zero-order valence-electron chi connectivity index (χ0n) is 14.1. The van der Waals surface area contributed by atoms with Crippen molar-refractivity contribution in [2.45, 2.75) is 0 Å². The van der Waals surface area contributed by atoms with Gasteiger partial charge in [0.2, 0.25) is 0 Å². The third-order valence-electron chi connectivity index (χ3n) is 4.43. The first-order valence-corrected chi connectivity index (χ1v) is 8.82. The molecular weight excluding hydrogens is 401 g/mol. The van der Waals surface area contributed by atoms with Crippen LogP contribution in [0, 0.1) is 11.3 Å². The van der Waals surface area contributed by atoms with Gasteiger partial charge in [-0.25, -0.2) is 0 Å². The molecule has 0 bridgehead atoms. The molecule has 8 heteroatoms. The molecule has 2 aromatic carbocycles. The van der Waals surface area contributed by atoms with E-state index in [9.17, 15) is 15.0 Å². The van der Waals surface area contributed by atoms with E-state index in [1.807, 2.05) is 0 Å². The van der Waals surface area contributed by atoms with Gasteiger partial charge in [-0.3, -0.25) is 9.36 Å². The van der Waals surface area contributed by atoms with Crippen LogP contribution in [0.5, 0.6) is 11.5 Å². The van der Waals surface area contributed by atoms with Gasteiger partial charge in [-0.15, -0.1) is 0 Å². The van der Waals surface area contributed by atoms with Gasteiger partial charge in [0.15, 0.2) is 11.3 Å². The van der Waals surface area contributed by atoms with Crippen LogP contribution in [0.2, 0.25) is 10.2 Å². The van der Waals surface area contributed by atoms with Crippen molar-refractivity contribution in [3.63, 3.8) is 0 Å². The summed E-state index contributed by atoms with van der Waals surface area (Å²) in [5.41, 5.74) is 1.35. The molecule has 2 heterocycles. The zero-order chi connectivity index (χ0) is 20.0. The maximum absolute atomic E-state index is 11.9. The Labute approximate surface area is 168 Å². The van der Waals surface area contributed by atoms with Crippen molar-refractivity contribution in [1.82, 2.24) is 9.55 Å². The summed E-state index contributed by atoms with van der Waals surface area (Å²) in [7, 11) is 0. The second-order valence-corrected chi connectivity index (χ2v) is 6.83. The van der Waals surface area contributed by atoms with Crippen molar-refractivity contribution >= 4 is 34.2 Å². The van der Waals surface area contributed by atoms with Crippen molar-refractivity contribution in [3.8, 4) is 34.4 Å². The average Bonchev–Trinajstić information content (AvgIpc) is 3.00. The third-order valence-corrected chi connectivity index (χ3v) is 5.01. The quantitative estimate of drug-likeness (QED) is 0.449. The molecule has 0 saturated heterocycles. The lowest BCUT2D eigenvalue weighted by molar-refractivity contribution is 0.476. The Morgan fingerprint density at radius 3 is 2.43 bits per heavy atom. The number of nitriles is 1. The van der Waals surface area contributed by atoms with E-state index >= 15 is 0 Å². The first kappa shape index (κ1) is 18.0. The molecule has 0 unspecified atom stereocenters. The number of phenols is 1. The number of hydrogen-bond donors (Lipinski definition) is 3. The molecule has 4 rings (SSSR count). The molecule has 0 saturated carbocycles. The van der Waals surface area contributed by atoms with E-state index in [0.717, 1.165) is 5.56 Å². The van der Waals surface area contributed by atoms with Gasteiger partial charge in [-0.05, 0) is 29.8 Å². The molecule has 0 aliphatic rings. The van der Waals surface area contributed by atoms with Crippen molar-refractivity contribution in [2.75, 3.05) is 0 Å². The second kappa shape index (κ2) is 6.64. The molecule has 0 radical (unpaired) electrons. The number of rotatable bonds is 2. The van der Waals surface area contributed by atoms with E-state index in [2.05, 4.69) is 4.98 Å². The molecule has 4 aromatic rings. The van der Waals surface area contributed by atoms with Crippen LogP contribution in [0.15, 0.2) is 53.3 Å². The number of nitrogens with zero attached hydrogens (tertiary/aromatic N) is 2. The molecular formula is C20H11Cl2N3O3. The zero-order valence-corrected chi connectivity index (χ0v) is 15.6. The number of aromatic hydroxyl groups is 2. The molecule has 2 aromatic heterocycles. The molecule has 0 aliphatic carbocycles. The van der Waals surface area contributed by atoms with Crippen molar-refractivity contribution in [3.05, 3.63) is 74.6 Å². The van der Waals surface area contributed by atoms with Crippen LogP contribution in [0.4, 0.5) is 0 Å². The Hall–Kier alpha value is -3.40. The van der Waals surface area contributed by atoms with Gasteiger partial charge in [0.25, 0.3) is 5.56 Å². The molecule has 138 valence electrons. The summed E-state index contributed by atoms with van der Waals surface area (Å²) in [5.74, 6) is -0.458.